The Kier molecular flexibility index (Phi) is 6.45. The Hall–Kier alpha value is -2.95. The summed E-state index contributed by atoms with van der Waals surface area (Å²) in [7, 11) is -2.34. The standard InChI is InChI=1S/C22H25N3O6S/c1-30-20-9-8-18(32(28,29)24-11-13-31-14-12-24)15-19(20)22(27)23-16-4-6-17(7-5-16)25-10-2-3-21(25)26/h4-9,15H,2-3,10-14H2,1H3,(H,23,27). The Bertz CT molecular complexity index is 1110. The van der Waals surface area contributed by atoms with Gasteiger partial charge in [0.05, 0.1) is 30.8 Å². The second kappa shape index (κ2) is 9.27. The fourth-order valence-corrected chi connectivity index (χ4v) is 5.24. The molecule has 10 heteroatoms. The van der Waals surface area contributed by atoms with E-state index in [0.717, 1.165) is 12.1 Å². The number of carbonyl (C=O) groups is 2. The number of rotatable bonds is 6. The first-order chi connectivity index (χ1) is 15.4. The number of amides is 2. The summed E-state index contributed by atoms with van der Waals surface area (Å²) < 4.78 is 37.8. The minimum atomic E-state index is -3.76. The van der Waals surface area contributed by atoms with E-state index in [9.17, 15) is 18.0 Å². The summed E-state index contributed by atoms with van der Waals surface area (Å²) >= 11 is 0. The fourth-order valence-electron chi connectivity index (χ4n) is 3.81. The number of anilines is 2. The molecule has 0 radical (unpaired) electrons. The van der Waals surface area contributed by atoms with Crippen molar-refractivity contribution >= 4 is 33.2 Å². The van der Waals surface area contributed by atoms with Gasteiger partial charge >= 0.3 is 0 Å². The molecule has 2 amide bonds. The molecule has 0 atom stereocenters. The second-order valence-corrected chi connectivity index (χ2v) is 9.47. The maximum atomic E-state index is 13.0. The van der Waals surface area contributed by atoms with Gasteiger partial charge in [-0.05, 0) is 48.9 Å². The number of benzene rings is 2. The Labute approximate surface area is 187 Å². The molecule has 9 nitrogen and oxygen atoms in total. The summed E-state index contributed by atoms with van der Waals surface area (Å²) in [5, 5.41) is 2.77. The zero-order valence-corrected chi connectivity index (χ0v) is 18.6. The Morgan fingerprint density at radius 3 is 2.41 bits per heavy atom. The monoisotopic (exact) mass is 459 g/mol. The summed E-state index contributed by atoms with van der Waals surface area (Å²) in [5.74, 6) is -0.140. The van der Waals surface area contributed by atoms with E-state index in [0.29, 0.717) is 31.9 Å². The van der Waals surface area contributed by atoms with Gasteiger partial charge in [-0.15, -0.1) is 0 Å². The second-order valence-electron chi connectivity index (χ2n) is 7.53. The highest BCUT2D eigenvalue weighted by molar-refractivity contribution is 7.89. The summed E-state index contributed by atoms with van der Waals surface area (Å²) in [5.41, 5.74) is 1.41. The Morgan fingerprint density at radius 1 is 1.06 bits per heavy atom. The molecule has 2 aromatic rings. The number of morpholine rings is 1. The van der Waals surface area contributed by atoms with Crippen LogP contribution in [0.15, 0.2) is 47.4 Å². The topological polar surface area (TPSA) is 105 Å². The lowest BCUT2D eigenvalue weighted by atomic mass is 10.1. The fraction of sp³-hybridized carbons (Fsp3) is 0.364. The lowest BCUT2D eigenvalue weighted by Gasteiger charge is -2.26. The van der Waals surface area contributed by atoms with E-state index < -0.39 is 15.9 Å². The maximum absolute atomic E-state index is 13.0. The van der Waals surface area contributed by atoms with Crippen LogP contribution in [0, 0.1) is 0 Å². The summed E-state index contributed by atoms with van der Waals surface area (Å²) in [6.45, 7) is 1.89. The third-order valence-corrected chi connectivity index (χ3v) is 7.43. The van der Waals surface area contributed by atoms with Gasteiger partial charge in [0.2, 0.25) is 15.9 Å². The molecule has 2 fully saturated rings. The molecular formula is C22H25N3O6S. The highest BCUT2D eigenvalue weighted by atomic mass is 32.2. The minimum Gasteiger partial charge on any atom is -0.496 e. The number of hydrogen-bond donors (Lipinski definition) is 1. The average Bonchev–Trinajstić information content (AvgIpc) is 3.25. The van der Waals surface area contributed by atoms with Crippen molar-refractivity contribution in [3.63, 3.8) is 0 Å². The van der Waals surface area contributed by atoms with E-state index in [1.165, 1.54) is 29.6 Å². The molecule has 1 N–H and O–H groups in total. The summed E-state index contributed by atoms with van der Waals surface area (Å²) in [4.78, 5) is 26.6. The normalized spacial score (nSPS) is 17.4. The predicted molar refractivity (Wildman–Crippen MR) is 119 cm³/mol. The molecule has 0 saturated carbocycles. The molecule has 2 heterocycles. The first kappa shape index (κ1) is 22.3. The molecule has 0 aliphatic carbocycles. The molecule has 0 unspecified atom stereocenters. The van der Waals surface area contributed by atoms with Crippen LogP contribution >= 0.6 is 0 Å². The minimum absolute atomic E-state index is 0.0215. The Balaban J connectivity index is 1.55. The van der Waals surface area contributed by atoms with Gasteiger partial charge in [-0.25, -0.2) is 8.42 Å². The predicted octanol–water partition coefficient (Wildman–Crippen LogP) is 2.10. The van der Waals surface area contributed by atoms with Crippen LogP contribution in [-0.4, -0.2) is 64.5 Å². The first-order valence-corrected chi connectivity index (χ1v) is 11.8. The zero-order chi connectivity index (χ0) is 22.7. The van der Waals surface area contributed by atoms with Crippen LogP contribution in [-0.2, 0) is 19.6 Å². The Morgan fingerprint density at radius 2 is 1.78 bits per heavy atom. The van der Waals surface area contributed by atoms with Gasteiger partial charge in [0.1, 0.15) is 5.75 Å². The molecule has 2 aliphatic rings. The van der Waals surface area contributed by atoms with Crippen LogP contribution in [0.25, 0.3) is 0 Å². The van der Waals surface area contributed by atoms with Gasteiger partial charge in [0.25, 0.3) is 5.91 Å². The molecule has 0 aromatic heterocycles. The first-order valence-electron chi connectivity index (χ1n) is 10.4. The SMILES string of the molecule is COc1ccc(S(=O)(=O)N2CCOCC2)cc1C(=O)Nc1ccc(N2CCCC2=O)cc1. The summed E-state index contributed by atoms with van der Waals surface area (Å²) in [6.07, 6.45) is 1.38. The molecule has 0 bridgehead atoms. The van der Waals surface area contributed by atoms with Crippen molar-refractivity contribution in [2.24, 2.45) is 0 Å². The molecule has 2 aliphatic heterocycles. The number of hydrogen-bond acceptors (Lipinski definition) is 6. The lowest BCUT2D eigenvalue weighted by molar-refractivity contribution is -0.117. The largest absolute Gasteiger partial charge is 0.496 e. The van der Waals surface area contributed by atoms with Gasteiger partial charge in [-0.3, -0.25) is 9.59 Å². The van der Waals surface area contributed by atoms with E-state index in [-0.39, 0.29) is 35.2 Å². The van der Waals surface area contributed by atoms with E-state index in [1.54, 1.807) is 29.2 Å². The van der Waals surface area contributed by atoms with Crippen molar-refractivity contribution in [1.29, 1.82) is 0 Å². The third kappa shape index (κ3) is 4.47. The molecule has 32 heavy (non-hydrogen) atoms. The molecule has 4 rings (SSSR count). The summed E-state index contributed by atoms with van der Waals surface area (Å²) in [6, 6.07) is 11.2. The number of methoxy groups -OCH3 is 1. The van der Waals surface area contributed by atoms with Crippen LogP contribution in [0.5, 0.6) is 5.75 Å². The van der Waals surface area contributed by atoms with Crippen LogP contribution in [0.4, 0.5) is 11.4 Å². The molecule has 0 spiro atoms. The van der Waals surface area contributed by atoms with Crippen molar-refractivity contribution in [2.75, 3.05) is 50.2 Å². The van der Waals surface area contributed by atoms with E-state index in [2.05, 4.69) is 5.32 Å². The number of nitrogens with one attached hydrogen (secondary N) is 1. The molecule has 170 valence electrons. The zero-order valence-electron chi connectivity index (χ0n) is 17.7. The van der Waals surface area contributed by atoms with Crippen LogP contribution < -0.4 is 15.0 Å². The van der Waals surface area contributed by atoms with E-state index in [1.807, 2.05) is 0 Å². The van der Waals surface area contributed by atoms with Gasteiger partial charge in [0, 0.05) is 37.4 Å². The van der Waals surface area contributed by atoms with Gasteiger partial charge < -0.3 is 19.7 Å². The van der Waals surface area contributed by atoms with Crippen LogP contribution in [0.1, 0.15) is 23.2 Å². The van der Waals surface area contributed by atoms with Crippen molar-refractivity contribution in [3.05, 3.63) is 48.0 Å². The van der Waals surface area contributed by atoms with Gasteiger partial charge in [-0.1, -0.05) is 0 Å². The lowest BCUT2D eigenvalue weighted by Crippen LogP contribution is -2.40. The molecule has 2 aromatic carbocycles. The number of ether oxygens (including phenoxy) is 2. The van der Waals surface area contributed by atoms with Crippen molar-refractivity contribution in [2.45, 2.75) is 17.7 Å². The van der Waals surface area contributed by atoms with Crippen molar-refractivity contribution < 1.29 is 27.5 Å². The smallest absolute Gasteiger partial charge is 0.259 e. The van der Waals surface area contributed by atoms with Gasteiger partial charge in [-0.2, -0.15) is 4.31 Å². The van der Waals surface area contributed by atoms with Crippen LogP contribution in [0.3, 0.4) is 0 Å². The highest BCUT2D eigenvalue weighted by Gasteiger charge is 2.28. The van der Waals surface area contributed by atoms with Crippen LogP contribution in [0.2, 0.25) is 0 Å². The van der Waals surface area contributed by atoms with E-state index >= 15 is 0 Å². The highest BCUT2D eigenvalue weighted by Crippen LogP contribution is 2.27. The van der Waals surface area contributed by atoms with Crippen molar-refractivity contribution in [1.82, 2.24) is 4.31 Å². The number of carbonyl (C=O) groups excluding carboxylic acids is 2. The third-order valence-electron chi connectivity index (χ3n) is 5.53. The molecular weight excluding hydrogens is 434 g/mol. The average molecular weight is 460 g/mol. The number of nitrogens with zero attached hydrogens (tertiary/aromatic N) is 2. The molecule has 2 saturated heterocycles. The van der Waals surface area contributed by atoms with E-state index in [4.69, 9.17) is 9.47 Å². The number of sulfonamides is 1. The quantitative estimate of drug-likeness (QED) is 0.709. The van der Waals surface area contributed by atoms with Gasteiger partial charge in [0.15, 0.2) is 0 Å². The maximum Gasteiger partial charge on any atom is 0.259 e. The van der Waals surface area contributed by atoms with Crippen molar-refractivity contribution in [3.8, 4) is 5.75 Å².